The summed E-state index contributed by atoms with van der Waals surface area (Å²) in [6, 6.07) is 16.5. The van der Waals surface area contributed by atoms with Crippen molar-refractivity contribution in [3.8, 4) is 11.3 Å². The molecule has 6 nitrogen and oxygen atoms in total. The van der Waals surface area contributed by atoms with Crippen molar-refractivity contribution in [1.82, 2.24) is 14.5 Å². The quantitative estimate of drug-likeness (QED) is 0.511. The van der Waals surface area contributed by atoms with Crippen LogP contribution in [0.1, 0.15) is 32.9 Å². The highest BCUT2D eigenvalue weighted by Gasteiger charge is 2.23. The van der Waals surface area contributed by atoms with E-state index in [9.17, 15) is 9.59 Å². The van der Waals surface area contributed by atoms with E-state index in [0.29, 0.717) is 23.5 Å². The number of aromatic nitrogens is 3. The maximum atomic E-state index is 13.4. The topological polar surface area (TPSA) is 76.9 Å². The van der Waals surface area contributed by atoms with Crippen LogP contribution >= 0.6 is 0 Å². The molecule has 0 fully saturated rings. The lowest BCUT2D eigenvalue weighted by atomic mass is 10.0. The average Bonchev–Trinajstić information content (AvgIpc) is 2.79. The zero-order valence-corrected chi connectivity index (χ0v) is 18.3. The van der Waals surface area contributed by atoms with Gasteiger partial charge in [-0.25, -0.2) is 0 Å². The standard InChI is InChI=1S/C26H24N4O2/c1-17-8-6-11-22(19(17)3)29-26(32)24-23(31)14-18(2)30(16-21-10-4-5-13-28-21)25(24)20-9-7-12-27-15-20/h4-15H,16H2,1-3H3,(H,29,32). The van der Waals surface area contributed by atoms with Gasteiger partial charge in [-0.1, -0.05) is 18.2 Å². The van der Waals surface area contributed by atoms with Crippen molar-refractivity contribution in [2.45, 2.75) is 27.3 Å². The second-order valence-corrected chi connectivity index (χ2v) is 7.72. The van der Waals surface area contributed by atoms with Crippen LogP contribution in [0.25, 0.3) is 11.3 Å². The number of hydrogen-bond acceptors (Lipinski definition) is 4. The number of aryl methyl sites for hydroxylation is 2. The Balaban J connectivity index is 1.89. The molecule has 160 valence electrons. The molecule has 0 radical (unpaired) electrons. The van der Waals surface area contributed by atoms with Gasteiger partial charge in [0, 0.05) is 41.6 Å². The van der Waals surface area contributed by atoms with Gasteiger partial charge < -0.3 is 9.88 Å². The van der Waals surface area contributed by atoms with Crippen LogP contribution in [0.15, 0.2) is 78.0 Å². The summed E-state index contributed by atoms with van der Waals surface area (Å²) in [7, 11) is 0. The van der Waals surface area contributed by atoms with Gasteiger partial charge in [-0.2, -0.15) is 0 Å². The number of nitrogens with one attached hydrogen (secondary N) is 1. The predicted molar refractivity (Wildman–Crippen MR) is 126 cm³/mol. The highest BCUT2D eigenvalue weighted by Crippen LogP contribution is 2.25. The van der Waals surface area contributed by atoms with Gasteiger partial charge in [0.05, 0.1) is 17.9 Å². The SMILES string of the molecule is Cc1cccc(NC(=O)c2c(-c3cccnc3)n(Cc3ccccn3)c(C)cc2=O)c1C. The second-order valence-electron chi connectivity index (χ2n) is 7.72. The predicted octanol–water partition coefficient (Wildman–Crippen LogP) is 4.53. The summed E-state index contributed by atoms with van der Waals surface area (Å²) in [4.78, 5) is 35.2. The smallest absolute Gasteiger partial charge is 0.261 e. The Morgan fingerprint density at radius 2 is 1.84 bits per heavy atom. The first-order chi connectivity index (χ1) is 15.5. The molecule has 0 saturated heterocycles. The molecular weight excluding hydrogens is 400 g/mol. The monoisotopic (exact) mass is 424 g/mol. The third-order valence-electron chi connectivity index (χ3n) is 5.58. The van der Waals surface area contributed by atoms with E-state index >= 15 is 0 Å². The summed E-state index contributed by atoms with van der Waals surface area (Å²) < 4.78 is 1.94. The average molecular weight is 425 g/mol. The zero-order chi connectivity index (χ0) is 22.7. The van der Waals surface area contributed by atoms with Gasteiger partial charge in [-0.05, 0) is 62.2 Å². The first kappa shape index (κ1) is 21.2. The van der Waals surface area contributed by atoms with E-state index in [1.807, 2.05) is 67.8 Å². The molecule has 0 aliphatic rings. The van der Waals surface area contributed by atoms with Crippen LogP contribution in [0.5, 0.6) is 0 Å². The van der Waals surface area contributed by atoms with E-state index in [4.69, 9.17) is 0 Å². The van der Waals surface area contributed by atoms with Crippen molar-refractivity contribution in [1.29, 1.82) is 0 Å². The van der Waals surface area contributed by atoms with Gasteiger partial charge in [0.1, 0.15) is 5.56 Å². The molecule has 3 aromatic heterocycles. The molecule has 4 aromatic rings. The fraction of sp³-hybridized carbons (Fsp3) is 0.154. The van der Waals surface area contributed by atoms with E-state index < -0.39 is 5.91 Å². The number of benzene rings is 1. The largest absolute Gasteiger partial charge is 0.338 e. The van der Waals surface area contributed by atoms with Crippen LogP contribution in [-0.4, -0.2) is 20.4 Å². The van der Waals surface area contributed by atoms with E-state index in [1.54, 1.807) is 24.7 Å². The highest BCUT2D eigenvalue weighted by molar-refractivity contribution is 6.08. The van der Waals surface area contributed by atoms with Gasteiger partial charge in [0.25, 0.3) is 5.91 Å². The Morgan fingerprint density at radius 1 is 1.00 bits per heavy atom. The first-order valence-corrected chi connectivity index (χ1v) is 10.4. The molecule has 6 heteroatoms. The van der Waals surface area contributed by atoms with Gasteiger partial charge in [0.2, 0.25) is 0 Å². The van der Waals surface area contributed by atoms with Crippen LogP contribution in [0.4, 0.5) is 5.69 Å². The molecule has 0 aliphatic heterocycles. The van der Waals surface area contributed by atoms with Crippen LogP contribution in [0.2, 0.25) is 0 Å². The van der Waals surface area contributed by atoms with Crippen molar-refractivity contribution >= 4 is 11.6 Å². The molecule has 0 saturated carbocycles. The zero-order valence-electron chi connectivity index (χ0n) is 18.3. The van der Waals surface area contributed by atoms with Crippen molar-refractivity contribution in [3.63, 3.8) is 0 Å². The lowest BCUT2D eigenvalue weighted by Gasteiger charge is -2.20. The maximum Gasteiger partial charge on any atom is 0.261 e. The van der Waals surface area contributed by atoms with Crippen LogP contribution < -0.4 is 10.7 Å². The van der Waals surface area contributed by atoms with Crippen molar-refractivity contribution < 1.29 is 4.79 Å². The second kappa shape index (κ2) is 8.98. The Labute approximate surface area is 186 Å². The minimum Gasteiger partial charge on any atom is -0.338 e. The molecule has 3 heterocycles. The fourth-order valence-electron chi connectivity index (χ4n) is 3.72. The minimum atomic E-state index is -0.447. The molecule has 0 unspecified atom stereocenters. The molecule has 4 rings (SSSR count). The van der Waals surface area contributed by atoms with Crippen molar-refractivity contribution in [3.05, 3.63) is 111 Å². The molecule has 0 spiro atoms. The summed E-state index contributed by atoms with van der Waals surface area (Å²) in [6.45, 7) is 6.21. The normalized spacial score (nSPS) is 10.7. The number of amides is 1. The number of anilines is 1. The number of pyridine rings is 3. The number of carbonyl (C=O) groups is 1. The van der Waals surface area contributed by atoms with Gasteiger partial charge in [0.15, 0.2) is 5.43 Å². The van der Waals surface area contributed by atoms with Crippen LogP contribution in [0.3, 0.4) is 0 Å². The van der Waals surface area contributed by atoms with Gasteiger partial charge >= 0.3 is 0 Å². The van der Waals surface area contributed by atoms with E-state index in [0.717, 1.165) is 22.5 Å². The van der Waals surface area contributed by atoms with Crippen LogP contribution in [0, 0.1) is 20.8 Å². The number of hydrogen-bond donors (Lipinski definition) is 1. The Kier molecular flexibility index (Phi) is 5.94. The highest BCUT2D eigenvalue weighted by atomic mass is 16.2. The van der Waals surface area contributed by atoms with Crippen molar-refractivity contribution in [2.24, 2.45) is 0 Å². The van der Waals surface area contributed by atoms with E-state index in [1.165, 1.54) is 6.07 Å². The van der Waals surface area contributed by atoms with E-state index in [2.05, 4.69) is 15.3 Å². The Hall–Kier alpha value is -4.06. The summed E-state index contributed by atoms with van der Waals surface area (Å²) in [5.74, 6) is -0.447. The Morgan fingerprint density at radius 3 is 2.56 bits per heavy atom. The summed E-state index contributed by atoms with van der Waals surface area (Å²) >= 11 is 0. The molecular formula is C26H24N4O2. The lowest BCUT2D eigenvalue weighted by Crippen LogP contribution is -2.27. The molecule has 0 atom stereocenters. The fourth-order valence-corrected chi connectivity index (χ4v) is 3.72. The van der Waals surface area contributed by atoms with E-state index in [-0.39, 0.29) is 11.0 Å². The maximum absolute atomic E-state index is 13.4. The molecule has 1 N–H and O–H groups in total. The lowest BCUT2D eigenvalue weighted by molar-refractivity contribution is 0.102. The molecule has 0 bridgehead atoms. The van der Waals surface area contributed by atoms with Gasteiger partial charge in [-0.3, -0.25) is 19.6 Å². The third-order valence-corrected chi connectivity index (χ3v) is 5.58. The first-order valence-electron chi connectivity index (χ1n) is 10.4. The summed E-state index contributed by atoms with van der Waals surface area (Å²) in [6.07, 6.45) is 5.05. The molecule has 32 heavy (non-hydrogen) atoms. The van der Waals surface area contributed by atoms with Crippen LogP contribution in [-0.2, 0) is 6.54 Å². The molecule has 1 aromatic carbocycles. The Bertz CT molecular complexity index is 1330. The number of nitrogens with zero attached hydrogens (tertiary/aromatic N) is 3. The molecule has 0 aliphatic carbocycles. The minimum absolute atomic E-state index is 0.0837. The number of rotatable bonds is 5. The molecule has 1 amide bonds. The summed E-state index contributed by atoms with van der Waals surface area (Å²) in [5.41, 5.74) is 5.24. The van der Waals surface area contributed by atoms with Gasteiger partial charge in [-0.15, -0.1) is 0 Å². The third kappa shape index (κ3) is 4.21. The summed E-state index contributed by atoms with van der Waals surface area (Å²) in [5, 5.41) is 2.94. The van der Waals surface area contributed by atoms with Crippen molar-refractivity contribution in [2.75, 3.05) is 5.32 Å². The number of carbonyl (C=O) groups excluding carboxylic acids is 1.